The van der Waals surface area contributed by atoms with Crippen molar-refractivity contribution in [1.29, 1.82) is 0 Å². The SMILES string of the molecule is CC(C)COc1ccc(F)cc1[C@H](C)N. The van der Waals surface area contributed by atoms with E-state index in [-0.39, 0.29) is 11.9 Å². The lowest BCUT2D eigenvalue weighted by Gasteiger charge is -2.15. The van der Waals surface area contributed by atoms with Crippen LogP contribution in [0.2, 0.25) is 0 Å². The maximum atomic E-state index is 13.0. The third-order valence-electron chi connectivity index (χ3n) is 2.03. The summed E-state index contributed by atoms with van der Waals surface area (Å²) in [5.74, 6) is 0.843. The van der Waals surface area contributed by atoms with Gasteiger partial charge < -0.3 is 10.5 Å². The van der Waals surface area contributed by atoms with Gasteiger partial charge in [-0.15, -0.1) is 0 Å². The van der Waals surface area contributed by atoms with Gasteiger partial charge in [-0.05, 0) is 31.0 Å². The molecular formula is C12H18FNO. The van der Waals surface area contributed by atoms with Crippen LogP contribution in [0.5, 0.6) is 5.75 Å². The van der Waals surface area contributed by atoms with Crippen molar-refractivity contribution in [3.63, 3.8) is 0 Å². The smallest absolute Gasteiger partial charge is 0.124 e. The third kappa shape index (κ3) is 3.51. The van der Waals surface area contributed by atoms with Gasteiger partial charge in [0.25, 0.3) is 0 Å². The minimum Gasteiger partial charge on any atom is -0.493 e. The molecule has 0 aliphatic heterocycles. The van der Waals surface area contributed by atoms with E-state index in [1.165, 1.54) is 12.1 Å². The molecule has 0 aromatic heterocycles. The fourth-order valence-corrected chi connectivity index (χ4v) is 1.26. The van der Waals surface area contributed by atoms with E-state index >= 15 is 0 Å². The molecule has 0 amide bonds. The molecule has 1 rings (SSSR count). The summed E-state index contributed by atoms with van der Waals surface area (Å²) in [6.07, 6.45) is 0. The molecule has 1 atom stereocenters. The normalized spacial score (nSPS) is 12.9. The Balaban J connectivity index is 2.86. The van der Waals surface area contributed by atoms with Gasteiger partial charge in [0, 0.05) is 11.6 Å². The molecule has 0 unspecified atom stereocenters. The summed E-state index contributed by atoms with van der Waals surface area (Å²) in [6.45, 7) is 6.56. The van der Waals surface area contributed by atoms with Crippen LogP contribution in [0.15, 0.2) is 18.2 Å². The van der Waals surface area contributed by atoms with Crippen LogP contribution in [0, 0.1) is 11.7 Å². The standard InChI is InChI=1S/C12H18FNO/c1-8(2)7-15-12-5-4-10(13)6-11(12)9(3)14/h4-6,8-9H,7,14H2,1-3H3/t9-/m0/s1. The summed E-state index contributed by atoms with van der Waals surface area (Å²) in [4.78, 5) is 0. The van der Waals surface area contributed by atoms with Gasteiger partial charge in [0.2, 0.25) is 0 Å². The van der Waals surface area contributed by atoms with Crippen molar-refractivity contribution in [2.24, 2.45) is 11.7 Å². The summed E-state index contributed by atoms with van der Waals surface area (Å²) < 4.78 is 18.6. The molecule has 3 heteroatoms. The molecule has 84 valence electrons. The predicted molar refractivity (Wildman–Crippen MR) is 59.3 cm³/mol. The van der Waals surface area contributed by atoms with Crippen molar-refractivity contribution in [2.45, 2.75) is 26.8 Å². The van der Waals surface area contributed by atoms with Gasteiger partial charge in [-0.2, -0.15) is 0 Å². The van der Waals surface area contributed by atoms with Crippen LogP contribution >= 0.6 is 0 Å². The van der Waals surface area contributed by atoms with Gasteiger partial charge in [0.05, 0.1) is 6.61 Å². The molecule has 2 nitrogen and oxygen atoms in total. The maximum absolute atomic E-state index is 13.0. The Hall–Kier alpha value is -1.09. The summed E-state index contributed by atoms with van der Waals surface area (Å²) >= 11 is 0. The molecule has 0 aliphatic rings. The first kappa shape index (κ1) is 12.0. The number of nitrogens with two attached hydrogens (primary N) is 1. The van der Waals surface area contributed by atoms with Crippen molar-refractivity contribution in [2.75, 3.05) is 6.61 Å². The highest BCUT2D eigenvalue weighted by molar-refractivity contribution is 5.36. The number of ether oxygens (including phenoxy) is 1. The number of benzene rings is 1. The van der Waals surface area contributed by atoms with Gasteiger partial charge in [-0.25, -0.2) is 4.39 Å². The highest BCUT2D eigenvalue weighted by atomic mass is 19.1. The number of hydrogen-bond donors (Lipinski definition) is 1. The Morgan fingerprint density at radius 3 is 2.53 bits per heavy atom. The zero-order valence-corrected chi connectivity index (χ0v) is 9.46. The van der Waals surface area contributed by atoms with E-state index < -0.39 is 0 Å². The van der Waals surface area contributed by atoms with Crippen LogP contribution in [0.25, 0.3) is 0 Å². The van der Waals surface area contributed by atoms with Crippen LogP contribution in [-0.2, 0) is 0 Å². The Kier molecular flexibility index (Phi) is 4.09. The molecule has 0 heterocycles. The molecule has 0 spiro atoms. The van der Waals surface area contributed by atoms with Crippen LogP contribution in [0.3, 0.4) is 0 Å². The Morgan fingerprint density at radius 1 is 1.33 bits per heavy atom. The van der Waals surface area contributed by atoms with E-state index in [4.69, 9.17) is 10.5 Å². The lowest BCUT2D eigenvalue weighted by atomic mass is 10.1. The molecule has 15 heavy (non-hydrogen) atoms. The van der Waals surface area contributed by atoms with Crippen LogP contribution in [0.1, 0.15) is 32.4 Å². The number of hydrogen-bond acceptors (Lipinski definition) is 2. The zero-order valence-electron chi connectivity index (χ0n) is 9.46. The molecule has 1 aromatic carbocycles. The van der Waals surface area contributed by atoms with E-state index in [9.17, 15) is 4.39 Å². The van der Waals surface area contributed by atoms with E-state index in [0.29, 0.717) is 18.3 Å². The Morgan fingerprint density at radius 2 is 2.00 bits per heavy atom. The zero-order chi connectivity index (χ0) is 11.4. The molecular weight excluding hydrogens is 193 g/mol. The van der Waals surface area contributed by atoms with Crippen LogP contribution in [0.4, 0.5) is 4.39 Å². The average Bonchev–Trinajstić information content (AvgIpc) is 2.15. The van der Waals surface area contributed by atoms with Gasteiger partial charge >= 0.3 is 0 Å². The van der Waals surface area contributed by atoms with Gasteiger partial charge in [-0.3, -0.25) is 0 Å². The lowest BCUT2D eigenvalue weighted by Crippen LogP contribution is -2.11. The van der Waals surface area contributed by atoms with Crippen molar-refractivity contribution in [3.05, 3.63) is 29.6 Å². The van der Waals surface area contributed by atoms with Crippen LogP contribution < -0.4 is 10.5 Å². The van der Waals surface area contributed by atoms with Crippen molar-refractivity contribution < 1.29 is 9.13 Å². The van der Waals surface area contributed by atoms with E-state index in [1.807, 2.05) is 6.92 Å². The minimum absolute atomic E-state index is 0.220. The number of halogens is 1. The minimum atomic E-state index is -0.279. The Bertz CT molecular complexity index is 323. The Labute approximate surface area is 90.2 Å². The molecule has 0 aliphatic carbocycles. The highest BCUT2D eigenvalue weighted by Gasteiger charge is 2.09. The fourth-order valence-electron chi connectivity index (χ4n) is 1.26. The molecule has 2 N–H and O–H groups in total. The van der Waals surface area contributed by atoms with Gasteiger partial charge in [0.1, 0.15) is 11.6 Å². The quantitative estimate of drug-likeness (QED) is 0.831. The molecule has 0 radical (unpaired) electrons. The topological polar surface area (TPSA) is 35.2 Å². The molecule has 0 bridgehead atoms. The van der Waals surface area contributed by atoms with Crippen molar-refractivity contribution in [3.8, 4) is 5.75 Å². The predicted octanol–water partition coefficient (Wildman–Crippen LogP) is 2.88. The summed E-state index contributed by atoms with van der Waals surface area (Å²) in [5.41, 5.74) is 6.46. The third-order valence-corrected chi connectivity index (χ3v) is 2.03. The van der Waals surface area contributed by atoms with Gasteiger partial charge in [-0.1, -0.05) is 13.8 Å². The highest BCUT2D eigenvalue weighted by Crippen LogP contribution is 2.25. The second-order valence-electron chi connectivity index (χ2n) is 4.18. The summed E-state index contributed by atoms with van der Waals surface area (Å²) in [5, 5.41) is 0. The van der Waals surface area contributed by atoms with Crippen molar-refractivity contribution >= 4 is 0 Å². The van der Waals surface area contributed by atoms with Crippen LogP contribution in [-0.4, -0.2) is 6.61 Å². The van der Waals surface area contributed by atoms with E-state index in [0.717, 1.165) is 5.56 Å². The van der Waals surface area contributed by atoms with E-state index in [1.54, 1.807) is 6.07 Å². The summed E-state index contributed by atoms with van der Waals surface area (Å²) in [7, 11) is 0. The largest absolute Gasteiger partial charge is 0.493 e. The van der Waals surface area contributed by atoms with Gasteiger partial charge in [0.15, 0.2) is 0 Å². The first-order valence-corrected chi connectivity index (χ1v) is 5.18. The lowest BCUT2D eigenvalue weighted by molar-refractivity contribution is 0.267. The first-order valence-electron chi connectivity index (χ1n) is 5.18. The number of rotatable bonds is 4. The maximum Gasteiger partial charge on any atom is 0.124 e. The second kappa shape index (κ2) is 5.12. The molecule has 0 saturated heterocycles. The fraction of sp³-hybridized carbons (Fsp3) is 0.500. The van der Waals surface area contributed by atoms with E-state index in [2.05, 4.69) is 13.8 Å². The molecule has 1 aromatic rings. The molecule has 0 fully saturated rings. The summed E-state index contributed by atoms with van der Waals surface area (Å²) in [6, 6.07) is 4.24. The monoisotopic (exact) mass is 211 g/mol. The first-order chi connectivity index (χ1) is 7.00. The molecule has 0 saturated carbocycles. The second-order valence-corrected chi connectivity index (χ2v) is 4.18. The average molecular weight is 211 g/mol. The van der Waals surface area contributed by atoms with Crippen molar-refractivity contribution in [1.82, 2.24) is 0 Å².